The maximum Gasteiger partial charge on any atom is 0.258 e. The molecule has 4 nitrogen and oxygen atoms in total. The van der Waals surface area contributed by atoms with E-state index in [0.29, 0.717) is 16.3 Å². The normalized spacial score (nSPS) is 11.4. The van der Waals surface area contributed by atoms with Gasteiger partial charge in [0.15, 0.2) is 6.61 Å². The van der Waals surface area contributed by atoms with E-state index in [1.807, 2.05) is 53.9 Å². The molecule has 0 fully saturated rings. The Balaban J connectivity index is 1.68. The van der Waals surface area contributed by atoms with Crippen molar-refractivity contribution in [2.45, 2.75) is 6.04 Å². The Morgan fingerprint density at radius 3 is 2.65 bits per heavy atom. The van der Waals surface area contributed by atoms with Crippen LogP contribution in [0.2, 0.25) is 5.02 Å². The minimum absolute atomic E-state index is 0.166. The molecular weight excluding hydrogens is 368 g/mol. The van der Waals surface area contributed by atoms with Gasteiger partial charge in [0, 0.05) is 4.88 Å². The van der Waals surface area contributed by atoms with Crippen molar-refractivity contribution in [3.8, 4) is 11.8 Å². The zero-order valence-corrected chi connectivity index (χ0v) is 15.3. The summed E-state index contributed by atoms with van der Waals surface area (Å²) in [5.41, 5.74) is 1.44. The molecule has 0 radical (unpaired) electrons. The van der Waals surface area contributed by atoms with Gasteiger partial charge in [-0.15, -0.1) is 11.3 Å². The second-order valence-electron chi connectivity index (χ2n) is 5.47. The van der Waals surface area contributed by atoms with Gasteiger partial charge in [-0.25, -0.2) is 0 Å². The van der Waals surface area contributed by atoms with Crippen molar-refractivity contribution < 1.29 is 9.53 Å². The van der Waals surface area contributed by atoms with Gasteiger partial charge in [0.25, 0.3) is 5.91 Å². The fourth-order valence-corrected chi connectivity index (χ4v) is 3.49. The van der Waals surface area contributed by atoms with E-state index < -0.39 is 0 Å². The number of carbonyl (C=O) groups is 1. The standard InChI is InChI=1S/C20H15ClN2O2S/c21-16-11-14(12-22)8-9-17(16)25-13-19(24)23-20(18-7-4-10-26-18)15-5-2-1-3-6-15/h1-11,20H,13H2,(H,23,24)/t20-/m1/s1. The molecule has 130 valence electrons. The van der Waals surface area contributed by atoms with Gasteiger partial charge in [0.1, 0.15) is 5.75 Å². The smallest absolute Gasteiger partial charge is 0.258 e. The first-order chi connectivity index (χ1) is 12.7. The average molecular weight is 383 g/mol. The zero-order valence-electron chi connectivity index (χ0n) is 13.7. The number of nitrogens with zero attached hydrogens (tertiary/aromatic N) is 1. The lowest BCUT2D eigenvalue weighted by Gasteiger charge is -2.18. The Morgan fingerprint density at radius 1 is 1.19 bits per heavy atom. The van der Waals surface area contributed by atoms with Crippen molar-refractivity contribution >= 4 is 28.8 Å². The number of halogens is 1. The molecule has 3 aromatic rings. The van der Waals surface area contributed by atoms with E-state index in [1.165, 1.54) is 6.07 Å². The van der Waals surface area contributed by atoms with Crippen LogP contribution in [0.15, 0.2) is 66.0 Å². The summed E-state index contributed by atoms with van der Waals surface area (Å²) in [6, 6.07) is 20.2. The van der Waals surface area contributed by atoms with Crippen molar-refractivity contribution in [2.75, 3.05) is 6.61 Å². The summed E-state index contributed by atoms with van der Waals surface area (Å²) in [6.07, 6.45) is 0. The lowest BCUT2D eigenvalue weighted by molar-refractivity contribution is -0.123. The second-order valence-corrected chi connectivity index (χ2v) is 6.86. The van der Waals surface area contributed by atoms with Gasteiger partial charge >= 0.3 is 0 Å². The third kappa shape index (κ3) is 4.42. The fraction of sp³-hybridized carbons (Fsp3) is 0.100. The topological polar surface area (TPSA) is 62.1 Å². The van der Waals surface area contributed by atoms with Crippen LogP contribution < -0.4 is 10.1 Å². The van der Waals surface area contributed by atoms with Crippen LogP contribution in [0.4, 0.5) is 0 Å². The van der Waals surface area contributed by atoms with Gasteiger partial charge in [-0.1, -0.05) is 48.0 Å². The summed E-state index contributed by atoms with van der Waals surface area (Å²) < 4.78 is 5.50. The molecule has 0 aliphatic heterocycles. The third-order valence-corrected chi connectivity index (χ3v) is 4.92. The van der Waals surface area contributed by atoms with E-state index >= 15 is 0 Å². The van der Waals surface area contributed by atoms with Crippen molar-refractivity contribution in [3.63, 3.8) is 0 Å². The number of ether oxygens (including phenoxy) is 1. The Labute approximate surface area is 160 Å². The number of amides is 1. The molecule has 2 aromatic carbocycles. The lowest BCUT2D eigenvalue weighted by Crippen LogP contribution is -2.32. The molecule has 1 aromatic heterocycles. The first-order valence-electron chi connectivity index (χ1n) is 7.87. The molecule has 3 rings (SSSR count). The number of carbonyl (C=O) groups excluding carboxylic acids is 1. The van der Waals surface area contributed by atoms with E-state index in [4.69, 9.17) is 21.6 Å². The molecule has 0 unspecified atom stereocenters. The van der Waals surface area contributed by atoms with E-state index in [0.717, 1.165) is 10.4 Å². The molecule has 6 heteroatoms. The first kappa shape index (κ1) is 18.0. The van der Waals surface area contributed by atoms with E-state index in [1.54, 1.807) is 23.5 Å². The molecule has 0 saturated heterocycles. The van der Waals surface area contributed by atoms with Crippen LogP contribution in [-0.4, -0.2) is 12.5 Å². The quantitative estimate of drug-likeness (QED) is 0.679. The average Bonchev–Trinajstić information content (AvgIpc) is 3.20. The highest BCUT2D eigenvalue weighted by molar-refractivity contribution is 7.10. The highest BCUT2D eigenvalue weighted by atomic mass is 35.5. The number of hydrogen-bond donors (Lipinski definition) is 1. The van der Waals surface area contributed by atoms with Crippen LogP contribution in [0.3, 0.4) is 0 Å². The van der Waals surface area contributed by atoms with Crippen LogP contribution in [0, 0.1) is 11.3 Å². The van der Waals surface area contributed by atoms with Gasteiger partial charge in [0.05, 0.1) is 22.7 Å². The number of rotatable bonds is 6. The SMILES string of the molecule is N#Cc1ccc(OCC(=O)N[C@H](c2ccccc2)c2cccs2)c(Cl)c1. The van der Waals surface area contributed by atoms with Crippen LogP contribution in [0.5, 0.6) is 5.75 Å². The van der Waals surface area contributed by atoms with Gasteiger partial charge in [-0.3, -0.25) is 4.79 Å². The highest BCUT2D eigenvalue weighted by Crippen LogP contribution is 2.27. The van der Waals surface area contributed by atoms with Crippen LogP contribution >= 0.6 is 22.9 Å². The Kier molecular flexibility index (Phi) is 5.90. The second kappa shape index (κ2) is 8.52. The first-order valence-corrected chi connectivity index (χ1v) is 9.13. The Hall–Kier alpha value is -2.81. The third-order valence-electron chi connectivity index (χ3n) is 3.69. The predicted molar refractivity (Wildman–Crippen MR) is 102 cm³/mol. The molecule has 0 aliphatic carbocycles. The summed E-state index contributed by atoms with van der Waals surface area (Å²) in [6.45, 7) is -0.166. The van der Waals surface area contributed by atoms with Crippen molar-refractivity contribution in [1.29, 1.82) is 5.26 Å². The highest BCUT2D eigenvalue weighted by Gasteiger charge is 2.18. The van der Waals surface area contributed by atoms with Crippen molar-refractivity contribution in [1.82, 2.24) is 5.32 Å². The molecule has 0 aliphatic rings. The van der Waals surface area contributed by atoms with Gasteiger partial charge in [-0.05, 0) is 35.2 Å². The van der Waals surface area contributed by atoms with Crippen LogP contribution in [0.1, 0.15) is 22.0 Å². The number of thiophene rings is 1. The van der Waals surface area contributed by atoms with E-state index in [-0.39, 0.29) is 18.6 Å². The summed E-state index contributed by atoms with van der Waals surface area (Å²) in [5, 5.41) is 14.1. The molecule has 1 amide bonds. The number of hydrogen-bond acceptors (Lipinski definition) is 4. The molecule has 0 spiro atoms. The molecular formula is C20H15ClN2O2S. The molecule has 1 heterocycles. The monoisotopic (exact) mass is 382 g/mol. The molecule has 26 heavy (non-hydrogen) atoms. The van der Waals surface area contributed by atoms with Crippen molar-refractivity contribution in [3.05, 3.63) is 87.1 Å². The Bertz CT molecular complexity index is 921. The maximum absolute atomic E-state index is 12.4. The van der Waals surface area contributed by atoms with Gasteiger partial charge in [0.2, 0.25) is 0 Å². The maximum atomic E-state index is 12.4. The zero-order chi connectivity index (χ0) is 18.4. The van der Waals surface area contributed by atoms with Gasteiger partial charge in [-0.2, -0.15) is 5.26 Å². The summed E-state index contributed by atoms with van der Waals surface area (Å²) in [5.74, 6) is 0.112. The molecule has 0 saturated carbocycles. The van der Waals surface area contributed by atoms with Crippen molar-refractivity contribution in [2.24, 2.45) is 0 Å². The minimum Gasteiger partial charge on any atom is -0.482 e. The van der Waals surface area contributed by atoms with Gasteiger partial charge < -0.3 is 10.1 Å². The lowest BCUT2D eigenvalue weighted by atomic mass is 10.1. The van der Waals surface area contributed by atoms with Crippen LogP contribution in [-0.2, 0) is 4.79 Å². The summed E-state index contributed by atoms with van der Waals surface area (Å²) in [7, 11) is 0. The van der Waals surface area contributed by atoms with E-state index in [9.17, 15) is 4.79 Å². The molecule has 1 atom stereocenters. The predicted octanol–water partition coefficient (Wildman–Crippen LogP) is 4.56. The Morgan fingerprint density at radius 2 is 2.00 bits per heavy atom. The largest absolute Gasteiger partial charge is 0.482 e. The summed E-state index contributed by atoms with van der Waals surface area (Å²) >= 11 is 7.65. The number of nitrogens with one attached hydrogen (secondary N) is 1. The fourth-order valence-electron chi connectivity index (χ4n) is 2.45. The molecule has 1 N–H and O–H groups in total. The van der Waals surface area contributed by atoms with E-state index in [2.05, 4.69) is 5.32 Å². The molecule has 0 bridgehead atoms. The minimum atomic E-state index is -0.257. The number of benzene rings is 2. The summed E-state index contributed by atoms with van der Waals surface area (Å²) in [4.78, 5) is 13.4. The van der Waals surface area contributed by atoms with Crippen LogP contribution in [0.25, 0.3) is 0 Å². The number of nitriles is 1.